The Morgan fingerprint density at radius 2 is 2.11 bits per heavy atom. The number of hydrogen-bond donors (Lipinski definition) is 2. The predicted octanol–water partition coefficient (Wildman–Crippen LogP) is 2.09. The van der Waals surface area contributed by atoms with E-state index in [-0.39, 0.29) is 18.0 Å². The van der Waals surface area contributed by atoms with Gasteiger partial charge in [0.15, 0.2) is 0 Å². The van der Waals surface area contributed by atoms with Gasteiger partial charge in [-0.2, -0.15) is 5.26 Å². The lowest BCUT2D eigenvalue weighted by molar-refractivity contribution is 0.163. The number of nitrogens with zero attached hydrogens (tertiary/aromatic N) is 1. The van der Waals surface area contributed by atoms with Gasteiger partial charge >= 0.3 is 0 Å². The highest BCUT2D eigenvalue weighted by Gasteiger charge is 2.32. The van der Waals surface area contributed by atoms with Crippen molar-refractivity contribution in [1.82, 2.24) is 5.32 Å². The zero-order chi connectivity index (χ0) is 13.0. The highest BCUT2D eigenvalue weighted by Crippen LogP contribution is 2.29. The van der Waals surface area contributed by atoms with Gasteiger partial charge in [-0.15, -0.1) is 0 Å². The van der Waals surface area contributed by atoms with Crippen molar-refractivity contribution in [3.8, 4) is 6.07 Å². The van der Waals surface area contributed by atoms with Crippen molar-refractivity contribution in [2.75, 3.05) is 6.61 Å². The summed E-state index contributed by atoms with van der Waals surface area (Å²) in [6.45, 7) is 0.505. The molecule has 0 radical (unpaired) electrons. The SMILES string of the molecule is N#Cc1ccc(F)cc1CNC1(CO)CCCC1. The lowest BCUT2D eigenvalue weighted by atomic mass is 9.98. The third-order valence-electron chi connectivity index (χ3n) is 3.70. The summed E-state index contributed by atoms with van der Waals surface area (Å²) in [4.78, 5) is 0. The topological polar surface area (TPSA) is 56.0 Å². The van der Waals surface area contributed by atoms with Crippen LogP contribution in [0.5, 0.6) is 0 Å². The van der Waals surface area contributed by atoms with Gasteiger partial charge in [0.2, 0.25) is 0 Å². The number of aliphatic hydroxyl groups is 1. The monoisotopic (exact) mass is 248 g/mol. The lowest BCUT2D eigenvalue weighted by Gasteiger charge is -2.28. The molecule has 2 rings (SSSR count). The minimum atomic E-state index is -0.338. The fourth-order valence-electron chi connectivity index (χ4n) is 2.54. The van der Waals surface area contributed by atoms with E-state index in [1.807, 2.05) is 0 Å². The van der Waals surface area contributed by atoms with Crippen molar-refractivity contribution in [3.63, 3.8) is 0 Å². The molecule has 0 aliphatic heterocycles. The normalized spacial score (nSPS) is 17.6. The van der Waals surface area contributed by atoms with Gasteiger partial charge in [-0.3, -0.25) is 0 Å². The molecular formula is C14H17FN2O. The number of rotatable bonds is 4. The first-order valence-corrected chi connectivity index (χ1v) is 6.23. The van der Waals surface area contributed by atoms with Gasteiger partial charge in [0.25, 0.3) is 0 Å². The number of nitriles is 1. The second-order valence-electron chi connectivity index (χ2n) is 4.91. The van der Waals surface area contributed by atoms with Crippen molar-refractivity contribution in [2.24, 2.45) is 0 Å². The minimum absolute atomic E-state index is 0.0875. The maximum atomic E-state index is 13.2. The van der Waals surface area contributed by atoms with Crippen LogP contribution in [0.1, 0.15) is 36.8 Å². The van der Waals surface area contributed by atoms with E-state index in [1.165, 1.54) is 18.2 Å². The Bertz CT molecular complexity index is 461. The third kappa shape index (κ3) is 2.69. The van der Waals surface area contributed by atoms with Gasteiger partial charge in [-0.25, -0.2) is 4.39 Å². The average molecular weight is 248 g/mol. The van der Waals surface area contributed by atoms with Gasteiger partial charge in [-0.05, 0) is 36.6 Å². The Kier molecular flexibility index (Phi) is 3.95. The van der Waals surface area contributed by atoms with E-state index < -0.39 is 0 Å². The van der Waals surface area contributed by atoms with Crippen molar-refractivity contribution >= 4 is 0 Å². The zero-order valence-corrected chi connectivity index (χ0v) is 10.2. The van der Waals surface area contributed by atoms with Crippen molar-refractivity contribution < 1.29 is 9.50 Å². The second-order valence-corrected chi connectivity index (χ2v) is 4.91. The van der Waals surface area contributed by atoms with E-state index in [0.29, 0.717) is 17.7 Å². The summed E-state index contributed by atoms with van der Waals surface area (Å²) in [6.07, 6.45) is 4.06. The molecule has 0 atom stereocenters. The quantitative estimate of drug-likeness (QED) is 0.857. The maximum absolute atomic E-state index is 13.2. The smallest absolute Gasteiger partial charge is 0.123 e. The van der Waals surface area contributed by atoms with Gasteiger partial charge in [0.1, 0.15) is 5.82 Å². The zero-order valence-electron chi connectivity index (χ0n) is 10.2. The van der Waals surface area contributed by atoms with Crippen LogP contribution in [0.15, 0.2) is 18.2 Å². The summed E-state index contributed by atoms with van der Waals surface area (Å²) < 4.78 is 13.2. The van der Waals surface area contributed by atoms with Crippen molar-refractivity contribution in [2.45, 2.75) is 37.8 Å². The van der Waals surface area contributed by atoms with Crippen LogP contribution in [0, 0.1) is 17.1 Å². The molecule has 0 saturated heterocycles. The standard InChI is InChI=1S/C14H17FN2O/c15-13-4-3-11(8-16)12(7-13)9-17-14(10-18)5-1-2-6-14/h3-4,7,17-18H,1-2,5-6,9-10H2. The Balaban J connectivity index is 2.10. The summed E-state index contributed by atoms with van der Waals surface area (Å²) >= 11 is 0. The number of aliphatic hydroxyl groups excluding tert-OH is 1. The number of benzene rings is 1. The highest BCUT2D eigenvalue weighted by molar-refractivity contribution is 5.37. The molecule has 0 heterocycles. The third-order valence-corrected chi connectivity index (χ3v) is 3.70. The first kappa shape index (κ1) is 13.0. The van der Waals surface area contributed by atoms with Crippen LogP contribution in [-0.4, -0.2) is 17.3 Å². The van der Waals surface area contributed by atoms with Gasteiger partial charge in [-0.1, -0.05) is 12.8 Å². The molecule has 1 aromatic rings. The molecule has 2 N–H and O–H groups in total. The molecule has 1 aliphatic carbocycles. The number of halogens is 1. The molecule has 1 aliphatic rings. The molecule has 0 aromatic heterocycles. The molecule has 0 amide bonds. The number of nitrogens with one attached hydrogen (secondary N) is 1. The molecule has 18 heavy (non-hydrogen) atoms. The van der Waals surface area contributed by atoms with Crippen molar-refractivity contribution in [3.05, 3.63) is 35.1 Å². The van der Waals surface area contributed by atoms with Crippen LogP contribution < -0.4 is 5.32 Å². The van der Waals surface area contributed by atoms with Crippen LogP contribution >= 0.6 is 0 Å². The van der Waals surface area contributed by atoms with E-state index in [2.05, 4.69) is 11.4 Å². The summed E-state index contributed by atoms with van der Waals surface area (Å²) in [7, 11) is 0. The van der Waals surface area contributed by atoms with Crippen LogP contribution in [0.3, 0.4) is 0 Å². The second kappa shape index (κ2) is 5.47. The van der Waals surface area contributed by atoms with E-state index in [9.17, 15) is 9.50 Å². The Labute approximate surface area is 106 Å². The van der Waals surface area contributed by atoms with Crippen molar-refractivity contribution in [1.29, 1.82) is 5.26 Å². The molecule has 0 unspecified atom stereocenters. The van der Waals surface area contributed by atoms with Gasteiger partial charge < -0.3 is 10.4 Å². The minimum Gasteiger partial charge on any atom is -0.394 e. The van der Waals surface area contributed by atoms with E-state index >= 15 is 0 Å². The van der Waals surface area contributed by atoms with Crippen LogP contribution in [0.25, 0.3) is 0 Å². The molecule has 1 aromatic carbocycles. The molecule has 96 valence electrons. The molecule has 3 nitrogen and oxygen atoms in total. The predicted molar refractivity (Wildman–Crippen MR) is 66.2 cm³/mol. The van der Waals surface area contributed by atoms with E-state index in [0.717, 1.165) is 25.7 Å². The average Bonchev–Trinajstić information content (AvgIpc) is 2.86. The molecule has 1 saturated carbocycles. The first-order valence-electron chi connectivity index (χ1n) is 6.23. The summed E-state index contributed by atoms with van der Waals surface area (Å²) in [5, 5.41) is 21.7. The van der Waals surface area contributed by atoms with Crippen LogP contribution in [0.4, 0.5) is 4.39 Å². The molecule has 0 spiro atoms. The van der Waals surface area contributed by atoms with E-state index in [1.54, 1.807) is 0 Å². The summed E-state index contributed by atoms with van der Waals surface area (Å²) in [6, 6.07) is 6.22. The Morgan fingerprint density at radius 1 is 1.39 bits per heavy atom. The van der Waals surface area contributed by atoms with Crippen LogP contribution in [-0.2, 0) is 6.54 Å². The molecule has 0 bridgehead atoms. The Hall–Kier alpha value is -1.44. The van der Waals surface area contributed by atoms with Gasteiger partial charge in [0, 0.05) is 12.1 Å². The molecular weight excluding hydrogens is 231 g/mol. The van der Waals surface area contributed by atoms with Gasteiger partial charge in [0.05, 0.1) is 18.2 Å². The molecule has 4 heteroatoms. The largest absolute Gasteiger partial charge is 0.394 e. The summed E-state index contributed by atoms with van der Waals surface area (Å²) in [5.41, 5.74) is 0.881. The number of hydrogen-bond acceptors (Lipinski definition) is 3. The maximum Gasteiger partial charge on any atom is 0.123 e. The lowest BCUT2D eigenvalue weighted by Crippen LogP contribution is -2.45. The first-order chi connectivity index (χ1) is 8.69. The molecule has 1 fully saturated rings. The fraction of sp³-hybridized carbons (Fsp3) is 0.500. The highest BCUT2D eigenvalue weighted by atomic mass is 19.1. The fourth-order valence-corrected chi connectivity index (χ4v) is 2.54. The van der Waals surface area contributed by atoms with E-state index in [4.69, 9.17) is 5.26 Å². The summed E-state index contributed by atoms with van der Waals surface area (Å²) in [5.74, 6) is -0.338. The van der Waals surface area contributed by atoms with Crippen LogP contribution in [0.2, 0.25) is 0 Å². The Morgan fingerprint density at radius 3 is 2.72 bits per heavy atom.